The summed E-state index contributed by atoms with van der Waals surface area (Å²) in [7, 11) is 1.65. The Morgan fingerprint density at radius 1 is 1.21 bits per heavy atom. The van der Waals surface area contributed by atoms with Gasteiger partial charge in [-0.25, -0.2) is 9.78 Å². The Labute approximate surface area is 183 Å². The minimum absolute atomic E-state index is 0.0355. The highest BCUT2D eigenvalue weighted by molar-refractivity contribution is 6.34. The number of aliphatic hydroxyl groups excluding tert-OH is 1. The number of β-amino-alcohol motifs (C(OH)–C–C–N with tert-alkyl or cyclic N) is 1. The van der Waals surface area contributed by atoms with Crippen LogP contribution in [0.4, 0.5) is 10.5 Å². The van der Waals surface area contributed by atoms with Crippen LogP contribution in [0.5, 0.6) is 0 Å². The van der Waals surface area contributed by atoms with Gasteiger partial charge in [0.1, 0.15) is 11.2 Å². The average molecular weight is 458 g/mol. The van der Waals surface area contributed by atoms with Crippen molar-refractivity contribution in [1.82, 2.24) is 14.8 Å². The Hall–Kier alpha value is -2.06. The van der Waals surface area contributed by atoms with Gasteiger partial charge in [0, 0.05) is 31.6 Å². The van der Waals surface area contributed by atoms with E-state index in [1.54, 1.807) is 19.2 Å². The maximum Gasteiger partial charge on any atom is 0.322 e. The average Bonchev–Trinajstić information content (AvgIpc) is 3.07. The number of nitrogens with one attached hydrogen (secondary N) is 1. The van der Waals surface area contributed by atoms with Crippen LogP contribution < -0.4 is 5.32 Å². The number of hydrogen-bond acceptors (Lipinski definition) is 4. The van der Waals surface area contributed by atoms with E-state index in [1.165, 1.54) is 21.9 Å². The summed E-state index contributed by atoms with van der Waals surface area (Å²) in [5.41, 5.74) is 1.17. The van der Waals surface area contributed by atoms with Crippen LogP contribution in [-0.2, 0) is 11.3 Å². The number of rotatable bonds is 4. The lowest BCUT2D eigenvalue weighted by Gasteiger charge is -2.28. The van der Waals surface area contributed by atoms with Gasteiger partial charge in [-0.1, -0.05) is 46.9 Å². The van der Waals surface area contributed by atoms with Crippen molar-refractivity contribution in [2.75, 3.05) is 18.9 Å². The molecule has 3 rings (SSSR count). The van der Waals surface area contributed by atoms with E-state index in [1.807, 2.05) is 12.1 Å². The highest BCUT2D eigenvalue weighted by Crippen LogP contribution is 2.25. The van der Waals surface area contributed by atoms with Gasteiger partial charge in [-0.05, 0) is 29.8 Å². The summed E-state index contributed by atoms with van der Waals surface area (Å²) >= 11 is 17.7. The number of aliphatic hydroxyl groups is 1. The van der Waals surface area contributed by atoms with E-state index in [0.29, 0.717) is 11.6 Å². The Bertz CT molecular complexity index is 910. The molecule has 1 aliphatic rings. The van der Waals surface area contributed by atoms with Gasteiger partial charge in [0.05, 0.1) is 11.8 Å². The number of anilines is 1. The summed E-state index contributed by atoms with van der Waals surface area (Å²) in [5.74, 6) is -0.271. The predicted molar refractivity (Wildman–Crippen MR) is 112 cm³/mol. The molecule has 154 valence electrons. The Morgan fingerprint density at radius 3 is 2.55 bits per heavy atom. The van der Waals surface area contributed by atoms with Crippen LogP contribution in [0.3, 0.4) is 0 Å². The van der Waals surface area contributed by atoms with Gasteiger partial charge in [-0.3, -0.25) is 4.79 Å². The minimum atomic E-state index is -0.794. The molecule has 1 aliphatic heterocycles. The number of benzene rings is 1. The van der Waals surface area contributed by atoms with Crippen LogP contribution in [0.25, 0.3) is 0 Å². The summed E-state index contributed by atoms with van der Waals surface area (Å²) in [6, 6.07) is 8.82. The molecule has 0 bridgehead atoms. The topological polar surface area (TPSA) is 85.8 Å². The van der Waals surface area contributed by atoms with Crippen molar-refractivity contribution < 1.29 is 14.7 Å². The molecule has 1 aromatic heterocycles. The minimum Gasteiger partial charge on any atom is -0.391 e. The van der Waals surface area contributed by atoms with Crippen molar-refractivity contribution in [3.8, 4) is 0 Å². The summed E-state index contributed by atoms with van der Waals surface area (Å²) in [6.07, 6.45) is -0.637. The highest BCUT2D eigenvalue weighted by Gasteiger charge is 2.40. The number of pyridine rings is 1. The zero-order chi connectivity index (χ0) is 21.1. The first-order valence-electron chi connectivity index (χ1n) is 8.81. The van der Waals surface area contributed by atoms with E-state index in [9.17, 15) is 14.7 Å². The van der Waals surface area contributed by atoms with Gasteiger partial charge >= 0.3 is 6.03 Å². The first-order valence-corrected chi connectivity index (χ1v) is 9.95. The van der Waals surface area contributed by atoms with Gasteiger partial charge in [0.25, 0.3) is 0 Å². The molecule has 7 nitrogen and oxygen atoms in total. The lowest BCUT2D eigenvalue weighted by Crippen LogP contribution is -2.47. The van der Waals surface area contributed by atoms with Crippen molar-refractivity contribution >= 4 is 52.4 Å². The second kappa shape index (κ2) is 9.17. The quantitative estimate of drug-likeness (QED) is 0.686. The lowest BCUT2D eigenvalue weighted by molar-refractivity contribution is -0.134. The standard InChI is InChI=1S/C19H19Cl3N4O3/c1-25(9-11-2-4-12(20)5-3-11)18(28)15-8-13(27)10-26(15)19(29)23-14-6-7-16(21)24-17(14)22/h2-7,13,15,27H,8-10H2,1H3,(H,23,29)/t13-,15?/m0/s1. The second-order valence-corrected chi connectivity index (χ2v) is 7.96. The largest absolute Gasteiger partial charge is 0.391 e. The van der Waals surface area contributed by atoms with Crippen molar-refractivity contribution in [2.24, 2.45) is 0 Å². The number of carbonyl (C=O) groups is 2. The van der Waals surface area contributed by atoms with Crippen LogP contribution in [0.15, 0.2) is 36.4 Å². The number of halogens is 3. The number of urea groups is 1. The second-order valence-electron chi connectivity index (χ2n) is 6.78. The number of amides is 3. The monoisotopic (exact) mass is 456 g/mol. The van der Waals surface area contributed by atoms with E-state index >= 15 is 0 Å². The van der Waals surface area contributed by atoms with E-state index < -0.39 is 18.2 Å². The fraction of sp³-hybridized carbons (Fsp3) is 0.316. The first-order chi connectivity index (χ1) is 13.7. The third kappa shape index (κ3) is 5.30. The van der Waals surface area contributed by atoms with E-state index in [4.69, 9.17) is 34.8 Å². The molecule has 2 atom stereocenters. The number of likely N-dealkylation sites (N-methyl/N-ethyl adjacent to an activating group) is 1. The van der Waals surface area contributed by atoms with Gasteiger partial charge in [-0.2, -0.15) is 0 Å². The molecular weight excluding hydrogens is 439 g/mol. The maximum absolute atomic E-state index is 13.0. The molecular formula is C19H19Cl3N4O3. The molecule has 1 aromatic carbocycles. The van der Waals surface area contributed by atoms with Gasteiger partial charge in [0.2, 0.25) is 5.91 Å². The predicted octanol–water partition coefficient (Wildman–Crippen LogP) is 3.67. The third-order valence-electron chi connectivity index (χ3n) is 4.59. The Kier molecular flexibility index (Phi) is 6.85. The fourth-order valence-corrected chi connectivity index (χ4v) is 3.68. The molecule has 10 heteroatoms. The number of aromatic nitrogens is 1. The molecule has 0 spiro atoms. The van der Waals surface area contributed by atoms with E-state index in [-0.39, 0.29) is 34.9 Å². The normalized spacial score (nSPS) is 18.6. The maximum atomic E-state index is 13.0. The molecule has 29 heavy (non-hydrogen) atoms. The molecule has 2 N–H and O–H groups in total. The number of carbonyl (C=O) groups excluding carboxylic acids is 2. The lowest BCUT2D eigenvalue weighted by atomic mass is 10.1. The van der Waals surface area contributed by atoms with Crippen molar-refractivity contribution in [1.29, 1.82) is 0 Å². The van der Waals surface area contributed by atoms with Crippen LogP contribution in [0.1, 0.15) is 12.0 Å². The Morgan fingerprint density at radius 2 is 1.90 bits per heavy atom. The first kappa shape index (κ1) is 21.6. The number of nitrogens with zero attached hydrogens (tertiary/aromatic N) is 3. The van der Waals surface area contributed by atoms with E-state index in [0.717, 1.165) is 5.56 Å². The molecule has 1 fully saturated rings. The molecule has 1 saturated heterocycles. The molecule has 0 saturated carbocycles. The summed E-state index contributed by atoms with van der Waals surface area (Å²) < 4.78 is 0. The Balaban J connectivity index is 1.70. The van der Waals surface area contributed by atoms with Crippen LogP contribution in [-0.4, -0.2) is 57.6 Å². The number of likely N-dealkylation sites (tertiary alicyclic amines) is 1. The number of hydrogen-bond donors (Lipinski definition) is 2. The molecule has 2 heterocycles. The molecule has 3 amide bonds. The van der Waals surface area contributed by atoms with Gasteiger partial charge in [-0.15, -0.1) is 0 Å². The van der Waals surface area contributed by atoms with Crippen molar-refractivity contribution in [2.45, 2.75) is 25.1 Å². The smallest absolute Gasteiger partial charge is 0.322 e. The third-order valence-corrected chi connectivity index (χ3v) is 5.34. The van der Waals surface area contributed by atoms with Gasteiger partial charge < -0.3 is 20.2 Å². The summed E-state index contributed by atoms with van der Waals surface area (Å²) in [4.78, 5) is 32.4. The van der Waals surface area contributed by atoms with Crippen LogP contribution >= 0.6 is 34.8 Å². The summed E-state index contributed by atoms with van der Waals surface area (Å²) in [5, 5.41) is 13.5. The fourth-order valence-electron chi connectivity index (χ4n) is 3.16. The van der Waals surface area contributed by atoms with Crippen molar-refractivity contribution in [3.05, 3.63) is 57.3 Å². The zero-order valence-corrected chi connectivity index (χ0v) is 17.7. The van der Waals surface area contributed by atoms with Crippen LogP contribution in [0, 0.1) is 0 Å². The SMILES string of the molecule is CN(Cc1ccc(Cl)cc1)C(=O)C1C[C@H](O)CN1C(=O)Nc1ccc(Cl)nc1Cl. The van der Waals surface area contributed by atoms with Crippen LogP contribution in [0.2, 0.25) is 15.3 Å². The van der Waals surface area contributed by atoms with E-state index in [2.05, 4.69) is 10.3 Å². The molecule has 0 aliphatic carbocycles. The molecule has 2 aromatic rings. The van der Waals surface area contributed by atoms with Crippen molar-refractivity contribution in [3.63, 3.8) is 0 Å². The highest BCUT2D eigenvalue weighted by atomic mass is 35.5. The summed E-state index contributed by atoms with van der Waals surface area (Å²) in [6.45, 7) is 0.390. The molecule has 1 unspecified atom stereocenters. The van der Waals surface area contributed by atoms with Gasteiger partial charge in [0.15, 0.2) is 5.15 Å². The zero-order valence-electron chi connectivity index (χ0n) is 15.5. The molecule has 0 radical (unpaired) electrons.